The molecule has 2 aromatic rings. The van der Waals surface area contributed by atoms with Crippen molar-refractivity contribution in [1.82, 2.24) is 0 Å². The Morgan fingerprint density at radius 2 is 1.71 bits per heavy atom. The zero-order chi connectivity index (χ0) is 17.1. The largest absolute Gasteiger partial charge is 0.368 e. The fourth-order valence-electron chi connectivity index (χ4n) is 2.76. The van der Waals surface area contributed by atoms with Gasteiger partial charge in [0.15, 0.2) is 5.78 Å². The maximum atomic E-state index is 12.5. The molecule has 1 atom stereocenters. The van der Waals surface area contributed by atoms with Gasteiger partial charge in [-0.15, -0.1) is 0 Å². The first-order valence-electron chi connectivity index (χ1n) is 8.19. The number of hydrogen-bond acceptors (Lipinski definition) is 3. The standard InChI is InChI=1S/C20H21NO3/c1-13-5-6-16(12-14(13)2)19(22)15-7-9-17(10-8-15)21-20(23)18-4-3-11-24-18/h5-10,12,18H,3-4,11H2,1-2H3,(H,21,23). The molecule has 0 aliphatic carbocycles. The minimum Gasteiger partial charge on any atom is -0.368 e. The highest BCUT2D eigenvalue weighted by Crippen LogP contribution is 2.18. The number of hydrogen-bond donors (Lipinski definition) is 1. The average Bonchev–Trinajstić information content (AvgIpc) is 3.12. The van der Waals surface area contributed by atoms with E-state index < -0.39 is 0 Å². The Labute approximate surface area is 141 Å². The molecule has 3 rings (SSSR count). The van der Waals surface area contributed by atoms with Crippen molar-refractivity contribution < 1.29 is 14.3 Å². The van der Waals surface area contributed by atoms with Gasteiger partial charge < -0.3 is 10.1 Å². The molecule has 0 spiro atoms. The first kappa shape index (κ1) is 16.4. The molecule has 24 heavy (non-hydrogen) atoms. The predicted molar refractivity (Wildman–Crippen MR) is 93.4 cm³/mol. The van der Waals surface area contributed by atoms with Gasteiger partial charge in [-0.1, -0.05) is 12.1 Å². The second-order valence-electron chi connectivity index (χ2n) is 6.20. The summed E-state index contributed by atoms with van der Waals surface area (Å²) in [6.07, 6.45) is 1.32. The number of carbonyl (C=O) groups excluding carboxylic acids is 2. The summed E-state index contributed by atoms with van der Waals surface area (Å²) in [6, 6.07) is 12.7. The minimum atomic E-state index is -0.359. The number of nitrogens with one attached hydrogen (secondary N) is 1. The van der Waals surface area contributed by atoms with Gasteiger partial charge in [-0.25, -0.2) is 0 Å². The summed E-state index contributed by atoms with van der Waals surface area (Å²) in [5.74, 6) is -0.143. The van der Waals surface area contributed by atoms with Crippen molar-refractivity contribution in [2.24, 2.45) is 0 Å². The molecule has 1 aliphatic heterocycles. The van der Waals surface area contributed by atoms with E-state index in [1.807, 2.05) is 32.0 Å². The Bertz CT molecular complexity index is 759. The van der Waals surface area contributed by atoms with Gasteiger partial charge >= 0.3 is 0 Å². The van der Waals surface area contributed by atoms with E-state index in [4.69, 9.17) is 4.74 Å². The third-order valence-corrected chi connectivity index (χ3v) is 4.41. The molecule has 0 aromatic heterocycles. The lowest BCUT2D eigenvalue weighted by atomic mass is 9.99. The van der Waals surface area contributed by atoms with Gasteiger partial charge in [-0.05, 0) is 68.1 Å². The fourth-order valence-corrected chi connectivity index (χ4v) is 2.76. The number of ether oxygens (including phenoxy) is 1. The average molecular weight is 323 g/mol. The normalized spacial score (nSPS) is 16.8. The summed E-state index contributed by atoms with van der Waals surface area (Å²) >= 11 is 0. The topological polar surface area (TPSA) is 55.4 Å². The third kappa shape index (κ3) is 3.54. The van der Waals surface area contributed by atoms with Gasteiger partial charge in [0, 0.05) is 23.4 Å². The smallest absolute Gasteiger partial charge is 0.253 e. The lowest BCUT2D eigenvalue weighted by Gasteiger charge is -2.11. The van der Waals surface area contributed by atoms with Gasteiger partial charge in [0.05, 0.1) is 0 Å². The maximum absolute atomic E-state index is 12.5. The van der Waals surface area contributed by atoms with Crippen LogP contribution in [0.5, 0.6) is 0 Å². The van der Waals surface area contributed by atoms with Crippen molar-refractivity contribution in [3.8, 4) is 0 Å². The van der Waals surface area contributed by atoms with Gasteiger partial charge in [0.2, 0.25) is 0 Å². The van der Waals surface area contributed by atoms with E-state index in [-0.39, 0.29) is 17.8 Å². The van der Waals surface area contributed by atoms with Gasteiger partial charge in [0.1, 0.15) is 6.10 Å². The van der Waals surface area contributed by atoms with Crippen LogP contribution in [0.1, 0.15) is 39.9 Å². The summed E-state index contributed by atoms with van der Waals surface area (Å²) in [6.45, 7) is 4.66. The van der Waals surface area contributed by atoms with E-state index in [2.05, 4.69) is 5.32 Å². The van der Waals surface area contributed by atoms with Crippen LogP contribution < -0.4 is 5.32 Å². The van der Waals surface area contributed by atoms with Crippen LogP contribution in [0.15, 0.2) is 42.5 Å². The second kappa shape index (κ2) is 6.97. The summed E-state index contributed by atoms with van der Waals surface area (Å²) in [5.41, 5.74) is 4.22. The first-order chi connectivity index (χ1) is 11.5. The highest BCUT2D eigenvalue weighted by molar-refractivity contribution is 6.09. The summed E-state index contributed by atoms with van der Waals surface area (Å²) in [5, 5.41) is 2.83. The van der Waals surface area contributed by atoms with Crippen molar-refractivity contribution in [3.05, 3.63) is 64.7 Å². The molecule has 4 nitrogen and oxygen atoms in total. The molecule has 1 aliphatic rings. The molecular weight excluding hydrogens is 302 g/mol. The molecule has 4 heteroatoms. The van der Waals surface area contributed by atoms with Gasteiger partial charge in [-0.2, -0.15) is 0 Å². The van der Waals surface area contributed by atoms with E-state index in [1.54, 1.807) is 24.3 Å². The summed E-state index contributed by atoms with van der Waals surface area (Å²) in [7, 11) is 0. The van der Waals surface area contributed by atoms with Crippen LogP contribution in [-0.2, 0) is 9.53 Å². The van der Waals surface area contributed by atoms with Crippen molar-refractivity contribution in [2.75, 3.05) is 11.9 Å². The fraction of sp³-hybridized carbons (Fsp3) is 0.300. The molecule has 1 fully saturated rings. The predicted octanol–water partition coefficient (Wildman–Crippen LogP) is 3.65. The number of anilines is 1. The Morgan fingerprint density at radius 3 is 2.33 bits per heavy atom. The van der Waals surface area contributed by atoms with Crippen molar-refractivity contribution >= 4 is 17.4 Å². The SMILES string of the molecule is Cc1ccc(C(=O)c2ccc(NC(=O)C3CCCO3)cc2)cc1C. The molecular formula is C20H21NO3. The zero-order valence-corrected chi connectivity index (χ0v) is 14.0. The number of carbonyl (C=O) groups is 2. The Kier molecular flexibility index (Phi) is 4.76. The van der Waals surface area contributed by atoms with Gasteiger partial charge in [-0.3, -0.25) is 9.59 Å². The van der Waals surface area contributed by atoms with Gasteiger partial charge in [0.25, 0.3) is 5.91 Å². The second-order valence-corrected chi connectivity index (χ2v) is 6.20. The third-order valence-electron chi connectivity index (χ3n) is 4.41. The summed E-state index contributed by atoms with van der Waals surface area (Å²) in [4.78, 5) is 24.6. The van der Waals surface area contributed by atoms with Crippen LogP contribution in [0.4, 0.5) is 5.69 Å². The van der Waals surface area contributed by atoms with Crippen molar-refractivity contribution in [1.29, 1.82) is 0 Å². The Morgan fingerprint density at radius 1 is 1.00 bits per heavy atom. The van der Waals surface area contributed by atoms with E-state index in [0.717, 1.165) is 18.4 Å². The van der Waals surface area contributed by atoms with E-state index in [1.165, 1.54) is 5.56 Å². The molecule has 1 saturated heterocycles. The molecule has 1 unspecified atom stereocenters. The maximum Gasteiger partial charge on any atom is 0.253 e. The molecule has 1 heterocycles. The monoisotopic (exact) mass is 323 g/mol. The molecule has 0 saturated carbocycles. The van der Waals surface area contributed by atoms with Crippen LogP contribution >= 0.6 is 0 Å². The number of amides is 1. The van der Waals surface area contributed by atoms with E-state index >= 15 is 0 Å². The van der Waals surface area contributed by atoms with Crippen LogP contribution in [0.2, 0.25) is 0 Å². The zero-order valence-electron chi connectivity index (χ0n) is 14.0. The van der Waals surface area contributed by atoms with E-state index in [9.17, 15) is 9.59 Å². The molecule has 0 radical (unpaired) electrons. The van der Waals surface area contributed by atoms with Crippen molar-refractivity contribution in [2.45, 2.75) is 32.8 Å². The number of ketones is 1. The Hall–Kier alpha value is -2.46. The molecule has 2 aromatic carbocycles. The van der Waals surface area contributed by atoms with E-state index in [0.29, 0.717) is 23.4 Å². The molecule has 0 bridgehead atoms. The van der Waals surface area contributed by atoms with Crippen LogP contribution in [0, 0.1) is 13.8 Å². The number of rotatable bonds is 4. The molecule has 1 N–H and O–H groups in total. The lowest BCUT2D eigenvalue weighted by Crippen LogP contribution is -2.26. The lowest BCUT2D eigenvalue weighted by molar-refractivity contribution is -0.124. The Balaban J connectivity index is 1.70. The highest BCUT2D eigenvalue weighted by atomic mass is 16.5. The van der Waals surface area contributed by atoms with Crippen LogP contribution in [-0.4, -0.2) is 24.4 Å². The highest BCUT2D eigenvalue weighted by Gasteiger charge is 2.23. The summed E-state index contributed by atoms with van der Waals surface area (Å²) < 4.78 is 5.36. The molecule has 124 valence electrons. The number of benzene rings is 2. The minimum absolute atomic E-state index is 0.0184. The first-order valence-corrected chi connectivity index (χ1v) is 8.19. The molecule has 1 amide bonds. The van der Waals surface area contributed by atoms with Crippen molar-refractivity contribution in [3.63, 3.8) is 0 Å². The van der Waals surface area contributed by atoms with Crippen LogP contribution in [0.3, 0.4) is 0 Å². The number of aryl methyl sites for hydroxylation is 2. The van der Waals surface area contributed by atoms with Crippen LogP contribution in [0.25, 0.3) is 0 Å². The quantitative estimate of drug-likeness (QED) is 0.874.